The molecule has 1 aliphatic carbocycles. The van der Waals surface area contributed by atoms with Crippen LogP contribution >= 0.6 is 11.3 Å². The van der Waals surface area contributed by atoms with Crippen LogP contribution in [0.3, 0.4) is 0 Å². The van der Waals surface area contributed by atoms with Gasteiger partial charge in [-0.2, -0.15) is 5.26 Å². The first kappa shape index (κ1) is 21.1. The molecule has 0 atom stereocenters. The van der Waals surface area contributed by atoms with Crippen molar-refractivity contribution in [2.75, 3.05) is 11.9 Å². The van der Waals surface area contributed by atoms with Gasteiger partial charge in [-0.3, -0.25) is 9.78 Å². The molecule has 3 heterocycles. The van der Waals surface area contributed by atoms with Gasteiger partial charge in [-0.1, -0.05) is 12.5 Å². The largest absolute Gasteiger partial charge is 0.446 e. The van der Waals surface area contributed by atoms with E-state index in [4.69, 9.17) is 4.74 Å². The molecule has 2 aromatic heterocycles. The summed E-state index contributed by atoms with van der Waals surface area (Å²) in [5.41, 5.74) is 2.22. The lowest BCUT2D eigenvalue weighted by atomic mass is 9.98. The molecule has 4 rings (SSSR count). The minimum atomic E-state index is -0.312. The van der Waals surface area contributed by atoms with Gasteiger partial charge >= 0.3 is 6.09 Å². The van der Waals surface area contributed by atoms with Crippen molar-refractivity contribution < 1.29 is 14.3 Å². The number of amides is 2. The number of hydrogen-bond acceptors (Lipinski definition) is 6. The molecule has 1 aliphatic heterocycles. The van der Waals surface area contributed by atoms with E-state index in [1.54, 1.807) is 29.4 Å². The number of nitriles is 1. The summed E-state index contributed by atoms with van der Waals surface area (Å²) < 4.78 is 5.69. The number of ether oxygens (including phenoxy) is 1. The van der Waals surface area contributed by atoms with Gasteiger partial charge in [-0.25, -0.2) is 4.79 Å². The van der Waals surface area contributed by atoms with Gasteiger partial charge in [0.05, 0.1) is 12.1 Å². The molecule has 1 saturated carbocycles. The third-order valence-corrected chi connectivity index (χ3v) is 6.73. The highest BCUT2D eigenvalue weighted by Crippen LogP contribution is 2.37. The average Bonchev–Trinajstić information content (AvgIpc) is 3.15. The van der Waals surface area contributed by atoms with Crippen LogP contribution in [0.15, 0.2) is 30.6 Å². The van der Waals surface area contributed by atoms with Crippen LogP contribution in [-0.4, -0.2) is 34.5 Å². The van der Waals surface area contributed by atoms with E-state index in [9.17, 15) is 14.9 Å². The van der Waals surface area contributed by atoms with E-state index in [2.05, 4.69) is 16.4 Å². The zero-order valence-electron chi connectivity index (χ0n) is 17.2. The number of carbonyl (C=O) groups excluding carboxylic acids is 2. The van der Waals surface area contributed by atoms with E-state index in [0.29, 0.717) is 30.1 Å². The standard InChI is InChI=1S/C23H24N4O3S/c24-13-19-18-10-12-27(23(29)30-17-6-2-1-3-7-17)15-20(18)31-22(19)26-21(28)9-8-16-5-4-11-25-14-16/h4-5,8-9,11,14,17H,1-3,6-7,10,12,15H2,(H,26,28). The first-order chi connectivity index (χ1) is 15.1. The first-order valence-corrected chi connectivity index (χ1v) is 11.3. The summed E-state index contributed by atoms with van der Waals surface area (Å²) in [5.74, 6) is -0.312. The summed E-state index contributed by atoms with van der Waals surface area (Å²) in [6, 6.07) is 5.86. The Hall–Kier alpha value is -3.18. The fourth-order valence-electron chi connectivity index (χ4n) is 3.97. The Morgan fingerprint density at radius 2 is 2.16 bits per heavy atom. The van der Waals surface area contributed by atoms with Crippen molar-refractivity contribution in [2.45, 2.75) is 51.2 Å². The SMILES string of the molecule is N#Cc1c(NC(=O)C=Cc2cccnc2)sc2c1CCN(C(=O)OC1CCCCC1)C2. The molecule has 2 aliphatic rings. The maximum atomic E-state index is 12.6. The molecule has 7 nitrogen and oxygen atoms in total. The molecule has 8 heteroatoms. The van der Waals surface area contributed by atoms with Crippen LogP contribution in [0.5, 0.6) is 0 Å². The summed E-state index contributed by atoms with van der Waals surface area (Å²) in [6.07, 6.45) is 12.0. The average molecular weight is 437 g/mol. The number of hydrogen-bond donors (Lipinski definition) is 1. The highest BCUT2D eigenvalue weighted by Gasteiger charge is 2.29. The summed E-state index contributed by atoms with van der Waals surface area (Å²) in [5, 5.41) is 13.0. The Balaban J connectivity index is 1.42. The highest BCUT2D eigenvalue weighted by molar-refractivity contribution is 7.16. The third kappa shape index (κ3) is 5.12. The van der Waals surface area contributed by atoms with Crippen molar-refractivity contribution in [1.29, 1.82) is 5.26 Å². The molecule has 0 aromatic carbocycles. The summed E-state index contributed by atoms with van der Waals surface area (Å²) in [6.45, 7) is 0.917. The predicted octanol–water partition coefficient (Wildman–Crippen LogP) is 4.49. The van der Waals surface area contributed by atoms with Crippen LogP contribution in [0.1, 0.15) is 53.7 Å². The molecule has 1 fully saturated rings. The van der Waals surface area contributed by atoms with Crippen molar-refractivity contribution >= 4 is 34.4 Å². The van der Waals surface area contributed by atoms with E-state index >= 15 is 0 Å². The van der Waals surface area contributed by atoms with E-state index in [-0.39, 0.29) is 18.1 Å². The van der Waals surface area contributed by atoms with Gasteiger partial charge in [0.2, 0.25) is 5.91 Å². The smallest absolute Gasteiger partial charge is 0.410 e. The molecule has 160 valence electrons. The molecule has 0 unspecified atom stereocenters. The maximum Gasteiger partial charge on any atom is 0.410 e. The summed E-state index contributed by atoms with van der Waals surface area (Å²) >= 11 is 1.35. The summed E-state index contributed by atoms with van der Waals surface area (Å²) in [4.78, 5) is 31.6. The number of aromatic nitrogens is 1. The number of nitrogens with zero attached hydrogens (tertiary/aromatic N) is 3. The van der Waals surface area contributed by atoms with E-state index < -0.39 is 0 Å². The second-order valence-electron chi connectivity index (χ2n) is 7.74. The van der Waals surface area contributed by atoms with Crippen molar-refractivity contribution in [3.8, 4) is 6.07 Å². The molecular weight excluding hydrogens is 412 g/mol. The van der Waals surface area contributed by atoms with Gasteiger partial charge in [-0.15, -0.1) is 11.3 Å². The molecule has 0 bridgehead atoms. The number of carbonyl (C=O) groups is 2. The molecule has 0 saturated heterocycles. The first-order valence-electron chi connectivity index (χ1n) is 10.5. The fourth-order valence-corrected chi connectivity index (χ4v) is 5.18. The third-order valence-electron chi connectivity index (χ3n) is 5.59. The Morgan fingerprint density at radius 3 is 2.90 bits per heavy atom. The van der Waals surface area contributed by atoms with Crippen molar-refractivity contribution in [2.24, 2.45) is 0 Å². The minimum Gasteiger partial charge on any atom is -0.446 e. The second kappa shape index (κ2) is 9.75. The molecule has 31 heavy (non-hydrogen) atoms. The molecule has 0 radical (unpaired) electrons. The monoisotopic (exact) mass is 436 g/mol. The lowest BCUT2D eigenvalue weighted by Crippen LogP contribution is -2.38. The van der Waals surface area contributed by atoms with Crippen LogP contribution in [0.4, 0.5) is 9.80 Å². The highest BCUT2D eigenvalue weighted by atomic mass is 32.1. The van der Waals surface area contributed by atoms with Gasteiger partial charge in [0.25, 0.3) is 0 Å². The number of fused-ring (bicyclic) bond motifs is 1. The van der Waals surface area contributed by atoms with Crippen molar-refractivity contribution in [3.05, 3.63) is 52.2 Å². The van der Waals surface area contributed by atoms with Gasteiger partial charge in [0, 0.05) is 29.9 Å². The van der Waals surface area contributed by atoms with E-state index in [1.165, 1.54) is 23.8 Å². The number of thiophene rings is 1. The van der Waals surface area contributed by atoms with Crippen LogP contribution in [0, 0.1) is 11.3 Å². The maximum absolute atomic E-state index is 12.6. The zero-order chi connectivity index (χ0) is 21.6. The lowest BCUT2D eigenvalue weighted by Gasteiger charge is -2.29. The van der Waals surface area contributed by atoms with Gasteiger partial charge in [-0.05, 0) is 55.4 Å². The summed E-state index contributed by atoms with van der Waals surface area (Å²) in [7, 11) is 0. The van der Waals surface area contributed by atoms with E-state index in [1.807, 2.05) is 6.07 Å². The zero-order valence-corrected chi connectivity index (χ0v) is 18.0. The van der Waals surface area contributed by atoms with Gasteiger partial charge in [0.15, 0.2) is 0 Å². The molecule has 2 amide bonds. The van der Waals surface area contributed by atoms with Crippen LogP contribution in [-0.2, 0) is 22.5 Å². The number of nitrogens with one attached hydrogen (secondary N) is 1. The molecular formula is C23H24N4O3S. The number of rotatable bonds is 4. The van der Waals surface area contributed by atoms with Crippen LogP contribution in [0.2, 0.25) is 0 Å². The molecule has 1 N–H and O–H groups in total. The van der Waals surface area contributed by atoms with Gasteiger partial charge in [0.1, 0.15) is 17.2 Å². The second-order valence-corrected chi connectivity index (χ2v) is 8.85. The number of anilines is 1. The van der Waals surface area contributed by atoms with Crippen LogP contribution < -0.4 is 5.32 Å². The fraction of sp³-hybridized carbons (Fsp3) is 0.391. The molecule has 0 spiro atoms. The number of pyridine rings is 1. The minimum absolute atomic E-state index is 0.0158. The van der Waals surface area contributed by atoms with Crippen molar-refractivity contribution in [1.82, 2.24) is 9.88 Å². The Labute approximate surface area is 185 Å². The molecule has 2 aromatic rings. The van der Waals surface area contributed by atoms with Crippen molar-refractivity contribution in [3.63, 3.8) is 0 Å². The Kier molecular flexibility index (Phi) is 6.63. The lowest BCUT2D eigenvalue weighted by molar-refractivity contribution is -0.111. The Bertz CT molecular complexity index is 1020. The quantitative estimate of drug-likeness (QED) is 0.712. The normalized spacial score (nSPS) is 16.5. The van der Waals surface area contributed by atoms with Gasteiger partial charge < -0.3 is 15.0 Å². The van der Waals surface area contributed by atoms with E-state index in [0.717, 1.165) is 41.7 Å². The Morgan fingerprint density at radius 1 is 1.32 bits per heavy atom. The van der Waals surface area contributed by atoms with Crippen LogP contribution in [0.25, 0.3) is 6.08 Å². The predicted molar refractivity (Wildman–Crippen MR) is 118 cm³/mol. The topological polar surface area (TPSA) is 95.3 Å².